The molecule has 0 unspecified atom stereocenters. The lowest BCUT2D eigenvalue weighted by Gasteiger charge is -2.08. The van der Waals surface area contributed by atoms with Gasteiger partial charge in [0.25, 0.3) is 0 Å². The van der Waals surface area contributed by atoms with Gasteiger partial charge in [0.05, 0.1) is 5.56 Å². The molecule has 0 amide bonds. The number of aromatic carboxylic acids is 1. The van der Waals surface area contributed by atoms with Gasteiger partial charge in [-0.3, -0.25) is 0 Å². The molecule has 0 fully saturated rings. The predicted molar refractivity (Wildman–Crippen MR) is 70.0 cm³/mol. The number of benzene rings is 2. The first-order valence-corrected chi connectivity index (χ1v) is 5.98. The topological polar surface area (TPSA) is 83.5 Å². The van der Waals surface area contributed by atoms with Gasteiger partial charge in [-0.25, -0.2) is 4.79 Å². The van der Waals surface area contributed by atoms with E-state index in [0.717, 1.165) is 0 Å². The van der Waals surface area contributed by atoms with Crippen molar-refractivity contribution in [1.29, 1.82) is 0 Å². The molecular weight excluding hydrogens is 250 g/mol. The smallest absolute Gasteiger partial charge is 0.336 e. The molecule has 92 valence electrons. The van der Waals surface area contributed by atoms with Crippen molar-refractivity contribution in [3.8, 4) is 5.75 Å². The van der Waals surface area contributed by atoms with E-state index in [9.17, 15) is 9.90 Å². The standard InChI is InChI=1S/C13H11NO3S/c14-10-7-8(15)5-6-12(10)18-11-4-2-1-3-9(11)13(16)17/h1-7,15H,14H2,(H,16,17). The second-order valence-electron chi connectivity index (χ2n) is 3.63. The number of rotatable bonds is 3. The summed E-state index contributed by atoms with van der Waals surface area (Å²) in [6.07, 6.45) is 0. The molecule has 4 N–H and O–H groups in total. The molecule has 2 aromatic rings. The molecule has 4 nitrogen and oxygen atoms in total. The van der Waals surface area contributed by atoms with E-state index in [1.54, 1.807) is 30.3 Å². The molecule has 18 heavy (non-hydrogen) atoms. The quantitative estimate of drug-likeness (QED) is 0.740. The Bertz CT molecular complexity index is 599. The molecule has 0 spiro atoms. The number of phenols is 1. The van der Waals surface area contributed by atoms with E-state index in [1.165, 1.54) is 23.9 Å². The molecule has 0 aromatic heterocycles. The number of nitrogen functional groups attached to an aromatic ring is 1. The van der Waals surface area contributed by atoms with Crippen LogP contribution in [0, 0.1) is 0 Å². The highest BCUT2D eigenvalue weighted by Gasteiger charge is 2.11. The maximum absolute atomic E-state index is 11.1. The number of carboxylic acids is 1. The van der Waals surface area contributed by atoms with Crippen LogP contribution >= 0.6 is 11.8 Å². The molecule has 0 heterocycles. The van der Waals surface area contributed by atoms with Gasteiger partial charge in [-0.2, -0.15) is 0 Å². The summed E-state index contributed by atoms with van der Waals surface area (Å²) in [7, 11) is 0. The van der Waals surface area contributed by atoms with Gasteiger partial charge in [-0.1, -0.05) is 23.9 Å². The van der Waals surface area contributed by atoms with E-state index in [2.05, 4.69) is 0 Å². The SMILES string of the molecule is Nc1cc(O)ccc1Sc1ccccc1C(=O)O. The number of carbonyl (C=O) groups is 1. The van der Waals surface area contributed by atoms with Gasteiger partial charge < -0.3 is 15.9 Å². The molecule has 0 aliphatic heterocycles. The summed E-state index contributed by atoms with van der Waals surface area (Å²) in [5, 5.41) is 18.3. The Balaban J connectivity index is 2.37. The van der Waals surface area contributed by atoms with Crippen LogP contribution in [0.4, 0.5) is 5.69 Å². The predicted octanol–water partition coefficient (Wildman–Crippen LogP) is 2.82. The van der Waals surface area contributed by atoms with E-state index in [4.69, 9.17) is 10.8 Å². The number of hydrogen-bond donors (Lipinski definition) is 3. The van der Waals surface area contributed by atoms with Crippen molar-refractivity contribution in [3.05, 3.63) is 48.0 Å². The Labute approximate surface area is 108 Å². The van der Waals surface area contributed by atoms with Crippen molar-refractivity contribution in [2.75, 3.05) is 5.73 Å². The minimum atomic E-state index is -0.976. The minimum Gasteiger partial charge on any atom is -0.508 e. The molecule has 5 heteroatoms. The van der Waals surface area contributed by atoms with Gasteiger partial charge in [0.15, 0.2) is 0 Å². The second kappa shape index (κ2) is 5.01. The van der Waals surface area contributed by atoms with Crippen molar-refractivity contribution in [2.45, 2.75) is 9.79 Å². The summed E-state index contributed by atoms with van der Waals surface area (Å²) in [4.78, 5) is 12.4. The van der Waals surface area contributed by atoms with E-state index < -0.39 is 5.97 Å². The fourth-order valence-electron chi connectivity index (χ4n) is 1.48. The van der Waals surface area contributed by atoms with Crippen LogP contribution in [0.25, 0.3) is 0 Å². The third-order valence-electron chi connectivity index (χ3n) is 2.33. The van der Waals surface area contributed by atoms with Gasteiger partial charge in [-0.05, 0) is 24.3 Å². The fourth-order valence-corrected chi connectivity index (χ4v) is 2.44. The summed E-state index contributed by atoms with van der Waals surface area (Å²) in [6.45, 7) is 0. The molecule has 0 aliphatic rings. The average Bonchev–Trinajstić information content (AvgIpc) is 2.33. The first-order valence-electron chi connectivity index (χ1n) is 5.16. The zero-order valence-corrected chi connectivity index (χ0v) is 10.1. The Morgan fingerprint density at radius 3 is 2.50 bits per heavy atom. The molecule has 0 radical (unpaired) electrons. The number of anilines is 1. The molecule has 2 rings (SSSR count). The third-order valence-corrected chi connectivity index (χ3v) is 3.50. The van der Waals surface area contributed by atoms with Crippen molar-refractivity contribution < 1.29 is 15.0 Å². The van der Waals surface area contributed by atoms with E-state index in [0.29, 0.717) is 15.5 Å². The Morgan fingerprint density at radius 1 is 1.11 bits per heavy atom. The van der Waals surface area contributed by atoms with Gasteiger partial charge in [0.1, 0.15) is 5.75 Å². The first-order chi connectivity index (χ1) is 8.58. The Hall–Kier alpha value is -2.14. The second-order valence-corrected chi connectivity index (χ2v) is 4.71. The normalized spacial score (nSPS) is 10.2. The highest BCUT2D eigenvalue weighted by molar-refractivity contribution is 7.99. The van der Waals surface area contributed by atoms with Crippen LogP contribution < -0.4 is 5.73 Å². The van der Waals surface area contributed by atoms with Crippen LogP contribution in [0.1, 0.15) is 10.4 Å². The molecule has 0 atom stereocenters. The lowest BCUT2D eigenvalue weighted by molar-refractivity contribution is 0.0693. The van der Waals surface area contributed by atoms with Gasteiger partial charge in [-0.15, -0.1) is 0 Å². The Morgan fingerprint density at radius 2 is 1.83 bits per heavy atom. The van der Waals surface area contributed by atoms with Gasteiger partial charge in [0.2, 0.25) is 0 Å². The van der Waals surface area contributed by atoms with Crippen LogP contribution in [-0.2, 0) is 0 Å². The van der Waals surface area contributed by atoms with Crippen LogP contribution in [-0.4, -0.2) is 16.2 Å². The molecule has 0 aliphatic carbocycles. The summed E-state index contributed by atoms with van der Waals surface area (Å²) in [6, 6.07) is 11.3. The molecule has 0 saturated heterocycles. The number of nitrogens with two attached hydrogens (primary N) is 1. The largest absolute Gasteiger partial charge is 0.508 e. The highest BCUT2D eigenvalue weighted by Crippen LogP contribution is 2.35. The van der Waals surface area contributed by atoms with Crippen molar-refractivity contribution in [3.63, 3.8) is 0 Å². The van der Waals surface area contributed by atoms with E-state index in [-0.39, 0.29) is 11.3 Å². The number of hydrogen-bond acceptors (Lipinski definition) is 4. The summed E-state index contributed by atoms with van der Waals surface area (Å²) in [5.41, 5.74) is 6.42. The number of carboxylic acid groups (broad SMARTS) is 1. The lowest BCUT2D eigenvalue weighted by atomic mass is 10.2. The molecule has 0 saturated carbocycles. The summed E-state index contributed by atoms with van der Waals surface area (Å²) in [5.74, 6) is -0.890. The van der Waals surface area contributed by atoms with E-state index >= 15 is 0 Å². The monoisotopic (exact) mass is 261 g/mol. The third kappa shape index (κ3) is 2.57. The van der Waals surface area contributed by atoms with Crippen LogP contribution in [0.3, 0.4) is 0 Å². The van der Waals surface area contributed by atoms with Gasteiger partial charge in [0, 0.05) is 21.5 Å². The average molecular weight is 261 g/mol. The fraction of sp³-hybridized carbons (Fsp3) is 0. The highest BCUT2D eigenvalue weighted by atomic mass is 32.2. The van der Waals surface area contributed by atoms with Crippen LogP contribution in [0.5, 0.6) is 5.75 Å². The van der Waals surface area contributed by atoms with Crippen molar-refractivity contribution in [1.82, 2.24) is 0 Å². The molecule has 2 aromatic carbocycles. The van der Waals surface area contributed by atoms with Gasteiger partial charge >= 0.3 is 5.97 Å². The molecular formula is C13H11NO3S. The maximum Gasteiger partial charge on any atom is 0.336 e. The first kappa shape index (κ1) is 12.3. The number of phenolic OH excluding ortho intramolecular Hbond substituents is 1. The maximum atomic E-state index is 11.1. The molecule has 0 bridgehead atoms. The Kier molecular flexibility index (Phi) is 3.43. The number of aromatic hydroxyl groups is 1. The van der Waals surface area contributed by atoms with E-state index in [1.807, 2.05) is 0 Å². The lowest BCUT2D eigenvalue weighted by Crippen LogP contribution is -1.98. The summed E-state index contributed by atoms with van der Waals surface area (Å²) < 4.78 is 0. The van der Waals surface area contributed by atoms with Crippen LogP contribution in [0.2, 0.25) is 0 Å². The van der Waals surface area contributed by atoms with Crippen molar-refractivity contribution in [2.24, 2.45) is 0 Å². The zero-order chi connectivity index (χ0) is 13.1. The summed E-state index contributed by atoms with van der Waals surface area (Å²) >= 11 is 1.26. The van der Waals surface area contributed by atoms with Crippen molar-refractivity contribution >= 4 is 23.4 Å². The van der Waals surface area contributed by atoms with Crippen LogP contribution in [0.15, 0.2) is 52.3 Å². The minimum absolute atomic E-state index is 0.0865. The zero-order valence-electron chi connectivity index (χ0n) is 9.33.